The quantitative estimate of drug-likeness (QED) is 0.607. The maximum atomic E-state index is 11.8. The highest BCUT2D eigenvalue weighted by Gasteiger charge is 2.23. The van der Waals surface area contributed by atoms with Gasteiger partial charge >= 0.3 is 0 Å². The summed E-state index contributed by atoms with van der Waals surface area (Å²) in [7, 11) is 0. The number of nitrogens with one attached hydrogen (secondary N) is 1. The summed E-state index contributed by atoms with van der Waals surface area (Å²) in [6.07, 6.45) is -1.13. The normalized spacial score (nSPS) is 16.6. The van der Waals surface area contributed by atoms with Gasteiger partial charge in [0, 0.05) is 13.1 Å². The minimum atomic E-state index is -0.584. The van der Waals surface area contributed by atoms with Crippen LogP contribution in [0.2, 0.25) is 0 Å². The number of rotatable bonds is 8. The molecular weight excluding hydrogens is 208 g/mol. The lowest BCUT2D eigenvalue weighted by Gasteiger charge is -2.20. The first-order valence-corrected chi connectivity index (χ1v) is 5.53. The molecule has 5 heteroatoms. The van der Waals surface area contributed by atoms with Gasteiger partial charge in [0.05, 0.1) is 6.04 Å². The van der Waals surface area contributed by atoms with Gasteiger partial charge in [-0.25, -0.2) is 0 Å². The molecule has 0 heterocycles. The molecule has 0 aliphatic carbocycles. The van der Waals surface area contributed by atoms with Crippen LogP contribution in [0.3, 0.4) is 0 Å². The highest BCUT2D eigenvalue weighted by molar-refractivity contribution is 5.88. The zero-order chi connectivity index (χ0) is 12.7. The lowest BCUT2D eigenvalue weighted by atomic mass is 10.1. The molecule has 0 amide bonds. The van der Waals surface area contributed by atoms with Crippen LogP contribution in [0.15, 0.2) is 0 Å². The molecule has 3 atom stereocenters. The Morgan fingerprint density at radius 3 is 2.25 bits per heavy atom. The molecular formula is C11H22N2O3. The van der Waals surface area contributed by atoms with Gasteiger partial charge in [0.15, 0.2) is 11.6 Å². The third kappa shape index (κ3) is 5.34. The number of ketones is 2. The van der Waals surface area contributed by atoms with Gasteiger partial charge < -0.3 is 15.8 Å². The fraction of sp³-hybridized carbons (Fsp3) is 0.818. The van der Waals surface area contributed by atoms with Gasteiger partial charge in [-0.2, -0.15) is 0 Å². The van der Waals surface area contributed by atoms with E-state index in [2.05, 4.69) is 5.32 Å². The van der Waals surface area contributed by atoms with Gasteiger partial charge in [-0.15, -0.1) is 0 Å². The third-order valence-corrected chi connectivity index (χ3v) is 2.40. The number of hydrogen-bond acceptors (Lipinski definition) is 5. The highest BCUT2D eigenvalue weighted by atomic mass is 16.5. The number of ether oxygens (including phenoxy) is 1. The summed E-state index contributed by atoms with van der Waals surface area (Å²) in [6.45, 7) is 7.57. The van der Waals surface area contributed by atoms with Crippen molar-refractivity contribution in [2.45, 2.75) is 45.9 Å². The summed E-state index contributed by atoms with van der Waals surface area (Å²) >= 11 is 0. The number of carbonyl (C=O) groups is 2. The van der Waals surface area contributed by atoms with E-state index in [1.54, 1.807) is 20.8 Å². The van der Waals surface area contributed by atoms with Crippen molar-refractivity contribution in [3.8, 4) is 0 Å². The van der Waals surface area contributed by atoms with Crippen molar-refractivity contribution >= 4 is 11.6 Å². The predicted octanol–water partition coefficient (Wildman–Crippen LogP) is -0.125. The summed E-state index contributed by atoms with van der Waals surface area (Å²) in [5.41, 5.74) is 5.32. The molecule has 0 aromatic heterocycles. The van der Waals surface area contributed by atoms with Crippen molar-refractivity contribution in [3.05, 3.63) is 0 Å². The fourth-order valence-corrected chi connectivity index (χ4v) is 1.22. The van der Waals surface area contributed by atoms with Gasteiger partial charge in [-0.3, -0.25) is 9.59 Å². The molecule has 0 aliphatic rings. The first-order valence-electron chi connectivity index (χ1n) is 5.53. The third-order valence-electron chi connectivity index (χ3n) is 2.40. The van der Waals surface area contributed by atoms with E-state index in [1.165, 1.54) is 6.92 Å². The smallest absolute Gasteiger partial charge is 0.177 e. The average Bonchev–Trinajstić information content (AvgIpc) is 2.24. The monoisotopic (exact) mass is 230 g/mol. The molecule has 0 saturated heterocycles. The van der Waals surface area contributed by atoms with Gasteiger partial charge in [0.25, 0.3) is 0 Å². The molecule has 5 nitrogen and oxygen atoms in total. The number of hydrogen-bond donors (Lipinski definition) is 2. The van der Waals surface area contributed by atoms with Crippen LogP contribution in [0.1, 0.15) is 27.7 Å². The zero-order valence-electron chi connectivity index (χ0n) is 10.4. The lowest BCUT2D eigenvalue weighted by molar-refractivity contribution is -0.140. The van der Waals surface area contributed by atoms with Crippen molar-refractivity contribution in [1.82, 2.24) is 5.32 Å². The molecule has 0 aliphatic heterocycles. The molecule has 0 aromatic carbocycles. The van der Waals surface area contributed by atoms with E-state index < -0.39 is 12.2 Å². The Labute approximate surface area is 96.7 Å². The van der Waals surface area contributed by atoms with Crippen LogP contribution in [0, 0.1) is 0 Å². The second-order valence-electron chi connectivity index (χ2n) is 3.90. The highest BCUT2D eigenvalue weighted by Crippen LogP contribution is 2.03. The van der Waals surface area contributed by atoms with Crippen molar-refractivity contribution in [2.75, 3.05) is 13.1 Å². The summed E-state index contributed by atoms with van der Waals surface area (Å²) < 4.78 is 5.30. The number of Topliss-reactive ketones (excluding diaryl/α,β-unsaturated/α-hetero) is 2. The first kappa shape index (κ1) is 15.2. The van der Waals surface area contributed by atoms with Crippen LogP contribution in [-0.4, -0.2) is 42.9 Å². The number of carbonyl (C=O) groups excluding carboxylic acids is 2. The van der Waals surface area contributed by atoms with E-state index >= 15 is 0 Å². The van der Waals surface area contributed by atoms with Crippen molar-refractivity contribution < 1.29 is 14.3 Å². The SMILES string of the molecule is CC(=O)C(C)OC(C)C(=O)C(C)NCCN. The molecule has 16 heavy (non-hydrogen) atoms. The van der Waals surface area contributed by atoms with E-state index in [9.17, 15) is 9.59 Å². The molecule has 0 saturated carbocycles. The molecule has 0 aromatic rings. The van der Waals surface area contributed by atoms with Gasteiger partial charge in [0.1, 0.15) is 12.2 Å². The van der Waals surface area contributed by atoms with E-state index in [-0.39, 0.29) is 17.6 Å². The minimum absolute atomic E-state index is 0.0680. The molecule has 0 radical (unpaired) electrons. The second kappa shape index (κ2) is 7.49. The van der Waals surface area contributed by atoms with Crippen LogP contribution in [-0.2, 0) is 14.3 Å². The van der Waals surface area contributed by atoms with Gasteiger partial charge in [-0.1, -0.05) is 0 Å². The molecule has 0 spiro atoms. The molecule has 0 rings (SSSR count). The van der Waals surface area contributed by atoms with Crippen LogP contribution in [0.5, 0.6) is 0 Å². The van der Waals surface area contributed by atoms with Crippen LogP contribution >= 0.6 is 0 Å². The second-order valence-corrected chi connectivity index (χ2v) is 3.90. The Morgan fingerprint density at radius 1 is 1.25 bits per heavy atom. The van der Waals surface area contributed by atoms with Gasteiger partial charge in [0.2, 0.25) is 0 Å². The minimum Gasteiger partial charge on any atom is -0.360 e. The van der Waals surface area contributed by atoms with Gasteiger partial charge in [-0.05, 0) is 27.7 Å². The maximum absolute atomic E-state index is 11.8. The van der Waals surface area contributed by atoms with Crippen molar-refractivity contribution in [1.29, 1.82) is 0 Å². The Bertz CT molecular complexity index is 243. The Balaban J connectivity index is 4.11. The Morgan fingerprint density at radius 2 is 1.81 bits per heavy atom. The largest absolute Gasteiger partial charge is 0.360 e. The standard InChI is InChI=1S/C11H22N2O3/c1-7(13-6-5-12)11(15)10(4)16-9(3)8(2)14/h7,9-10,13H,5-6,12H2,1-4H3. The van der Waals surface area contributed by atoms with Crippen molar-refractivity contribution in [3.63, 3.8) is 0 Å². The van der Waals surface area contributed by atoms with E-state index in [0.717, 1.165) is 0 Å². The average molecular weight is 230 g/mol. The summed E-state index contributed by atoms with van der Waals surface area (Å²) in [5.74, 6) is -0.149. The predicted molar refractivity (Wildman–Crippen MR) is 62.2 cm³/mol. The van der Waals surface area contributed by atoms with E-state index in [0.29, 0.717) is 13.1 Å². The molecule has 3 N–H and O–H groups in total. The maximum Gasteiger partial charge on any atom is 0.177 e. The Hall–Kier alpha value is -0.780. The molecule has 0 fully saturated rings. The summed E-state index contributed by atoms with van der Waals surface area (Å²) in [6, 6.07) is -0.308. The summed E-state index contributed by atoms with van der Waals surface area (Å²) in [4.78, 5) is 22.7. The van der Waals surface area contributed by atoms with Crippen molar-refractivity contribution in [2.24, 2.45) is 5.73 Å². The van der Waals surface area contributed by atoms with E-state index in [4.69, 9.17) is 10.5 Å². The number of nitrogens with two attached hydrogens (primary N) is 1. The molecule has 94 valence electrons. The summed E-state index contributed by atoms with van der Waals surface area (Å²) in [5, 5.41) is 2.98. The van der Waals surface area contributed by atoms with E-state index in [1.807, 2.05) is 0 Å². The molecule has 3 unspecified atom stereocenters. The van der Waals surface area contributed by atoms with Crippen LogP contribution in [0.4, 0.5) is 0 Å². The Kier molecular flexibility index (Phi) is 7.12. The first-order chi connectivity index (χ1) is 7.40. The molecule has 0 bridgehead atoms. The lowest BCUT2D eigenvalue weighted by Crippen LogP contribution is -2.43. The topological polar surface area (TPSA) is 81.4 Å². The zero-order valence-corrected chi connectivity index (χ0v) is 10.4. The van der Waals surface area contributed by atoms with Crippen LogP contribution in [0.25, 0.3) is 0 Å². The van der Waals surface area contributed by atoms with Crippen LogP contribution < -0.4 is 11.1 Å². The fourth-order valence-electron chi connectivity index (χ4n) is 1.22.